The highest BCUT2D eigenvalue weighted by molar-refractivity contribution is 5.28. The van der Waals surface area contributed by atoms with Crippen molar-refractivity contribution in [2.75, 3.05) is 13.1 Å². The first-order chi connectivity index (χ1) is 7.24. The van der Waals surface area contributed by atoms with Gasteiger partial charge in [0.05, 0.1) is 0 Å². The molecule has 1 saturated heterocycles. The van der Waals surface area contributed by atoms with Gasteiger partial charge in [0.1, 0.15) is 17.7 Å². The molecule has 1 aromatic carbocycles. The van der Waals surface area contributed by atoms with Crippen LogP contribution >= 0.6 is 0 Å². The van der Waals surface area contributed by atoms with Gasteiger partial charge in [0.15, 0.2) is 0 Å². The van der Waals surface area contributed by atoms with E-state index in [1.165, 1.54) is 12.1 Å². The van der Waals surface area contributed by atoms with Crippen molar-refractivity contribution in [1.82, 2.24) is 5.32 Å². The molecule has 1 unspecified atom stereocenters. The minimum atomic E-state index is -0.228. The van der Waals surface area contributed by atoms with Crippen molar-refractivity contribution in [3.63, 3.8) is 0 Å². The molecule has 2 rings (SSSR count). The topological polar surface area (TPSA) is 21.3 Å². The van der Waals surface area contributed by atoms with Gasteiger partial charge in [-0.3, -0.25) is 0 Å². The van der Waals surface area contributed by atoms with Gasteiger partial charge >= 0.3 is 0 Å². The summed E-state index contributed by atoms with van der Waals surface area (Å²) in [6.45, 7) is 3.78. The van der Waals surface area contributed by atoms with Gasteiger partial charge in [-0.2, -0.15) is 0 Å². The molecule has 0 amide bonds. The predicted molar refractivity (Wildman–Crippen MR) is 57.7 cm³/mol. The molecule has 0 aromatic heterocycles. The molecule has 1 aliphatic rings. The number of aryl methyl sites for hydroxylation is 1. The monoisotopic (exact) mass is 209 g/mol. The molecular formula is C12H16FNO. The summed E-state index contributed by atoms with van der Waals surface area (Å²) in [5.41, 5.74) is 0.897. The molecule has 1 aromatic rings. The summed E-state index contributed by atoms with van der Waals surface area (Å²) in [7, 11) is 0. The minimum absolute atomic E-state index is 0.181. The maximum Gasteiger partial charge on any atom is 0.127 e. The van der Waals surface area contributed by atoms with E-state index in [0.29, 0.717) is 5.75 Å². The summed E-state index contributed by atoms with van der Waals surface area (Å²) < 4.78 is 18.8. The number of benzene rings is 1. The summed E-state index contributed by atoms with van der Waals surface area (Å²) in [5, 5.41) is 3.27. The van der Waals surface area contributed by atoms with Crippen LogP contribution in [0.1, 0.15) is 18.4 Å². The van der Waals surface area contributed by atoms with E-state index < -0.39 is 0 Å². The Morgan fingerprint density at radius 1 is 1.40 bits per heavy atom. The van der Waals surface area contributed by atoms with Crippen molar-refractivity contribution >= 4 is 0 Å². The summed E-state index contributed by atoms with van der Waals surface area (Å²) in [6.07, 6.45) is 2.35. The highest BCUT2D eigenvalue weighted by Gasteiger charge is 2.14. The second kappa shape index (κ2) is 4.62. The van der Waals surface area contributed by atoms with Crippen LogP contribution in [-0.2, 0) is 0 Å². The van der Waals surface area contributed by atoms with E-state index in [1.54, 1.807) is 0 Å². The van der Waals surface area contributed by atoms with Crippen LogP contribution in [0.25, 0.3) is 0 Å². The summed E-state index contributed by atoms with van der Waals surface area (Å²) in [4.78, 5) is 0. The van der Waals surface area contributed by atoms with Crippen LogP contribution in [0, 0.1) is 12.7 Å². The van der Waals surface area contributed by atoms with Crippen molar-refractivity contribution in [3.8, 4) is 5.75 Å². The quantitative estimate of drug-likeness (QED) is 0.806. The van der Waals surface area contributed by atoms with Crippen LogP contribution in [0.2, 0.25) is 0 Å². The minimum Gasteiger partial charge on any atom is -0.489 e. The van der Waals surface area contributed by atoms with Crippen LogP contribution in [0.5, 0.6) is 5.75 Å². The lowest BCUT2D eigenvalue weighted by atomic mass is 10.1. The highest BCUT2D eigenvalue weighted by atomic mass is 19.1. The standard InChI is InChI=1S/C12H16FNO/c1-9-5-10(13)7-12(6-9)15-11-3-2-4-14-8-11/h5-7,11,14H,2-4,8H2,1H3. The Morgan fingerprint density at radius 2 is 2.27 bits per heavy atom. The molecule has 1 aliphatic heterocycles. The van der Waals surface area contributed by atoms with Crippen molar-refractivity contribution in [2.45, 2.75) is 25.9 Å². The number of piperidine rings is 1. The fourth-order valence-corrected chi connectivity index (χ4v) is 1.88. The second-order valence-electron chi connectivity index (χ2n) is 4.05. The Bertz CT molecular complexity index is 314. The molecule has 2 nitrogen and oxygen atoms in total. The van der Waals surface area contributed by atoms with Gasteiger partial charge in [0, 0.05) is 12.6 Å². The number of nitrogens with one attached hydrogen (secondary N) is 1. The van der Waals surface area contributed by atoms with E-state index in [4.69, 9.17) is 4.74 Å². The third-order valence-corrected chi connectivity index (χ3v) is 2.57. The molecule has 0 aliphatic carbocycles. The van der Waals surface area contributed by atoms with E-state index in [1.807, 2.05) is 13.0 Å². The lowest BCUT2D eigenvalue weighted by Gasteiger charge is -2.24. The Labute approximate surface area is 89.4 Å². The number of halogens is 1. The van der Waals surface area contributed by atoms with Crippen LogP contribution in [0.3, 0.4) is 0 Å². The second-order valence-corrected chi connectivity index (χ2v) is 4.05. The third kappa shape index (κ3) is 2.93. The van der Waals surface area contributed by atoms with Crippen LogP contribution in [0.15, 0.2) is 18.2 Å². The lowest BCUT2D eigenvalue weighted by Crippen LogP contribution is -2.37. The van der Waals surface area contributed by atoms with E-state index in [2.05, 4.69) is 5.32 Å². The zero-order valence-corrected chi connectivity index (χ0v) is 8.92. The SMILES string of the molecule is Cc1cc(F)cc(OC2CCCNC2)c1. The summed E-state index contributed by atoms with van der Waals surface area (Å²) in [6, 6.07) is 4.82. The molecule has 82 valence electrons. The molecule has 1 fully saturated rings. The van der Waals surface area contributed by atoms with Gasteiger partial charge in [0.25, 0.3) is 0 Å². The zero-order chi connectivity index (χ0) is 10.7. The molecule has 1 N–H and O–H groups in total. The first-order valence-corrected chi connectivity index (χ1v) is 5.38. The Morgan fingerprint density at radius 3 is 2.93 bits per heavy atom. The maximum atomic E-state index is 13.1. The number of hydrogen-bond donors (Lipinski definition) is 1. The van der Waals surface area contributed by atoms with E-state index in [-0.39, 0.29) is 11.9 Å². The predicted octanol–water partition coefficient (Wildman–Crippen LogP) is 2.26. The number of rotatable bonds is 2. The molecule has 1 atom stereocenters. The molecule has 0 saturated carbocycles. The van der Waals surface area contributed by atoms with E-state index >= 15 is 0 Å². The molecule has 0 bridgehead atoms. The maximum absolute atomic E-state index is 13.1. The first-order valence-electron chi connectivity index (χ1n) is 5.38. The first kappa shape index (κ1) is 10.4. The largest absolute Gasteiger partial charge is 0.489 e. The van der Waals surface area contributed by atoms with Gasteiger partial charge < -0.3 is 10.1 Å². The van der Waals surface area contributed by atoms with Crippen LogP contribution < -0.4 is 10.1 Å². The van der Waals surface area contributed by atoms with E-state index in [0.717, 1.165) is 31.5 Å². The smallest absolute Gasteiger partial charge is 0.127 e. The molecular weight excluding hydrogens is 193 g/mol. The molecule has 15 heavy (non-hydrogen) atoms. The van der Waals surface area contributed by atoms with Gasteiger partial charge in [0.2, 0.25) is 0 Å². The molecule has 1 heterocycles. The highest BCUT2D eigenvalue weighted by Crippen LogP contribution is 2.19. The van der Waals surface area contributed by atoms with Gasteiger partial charge in [-0.25, -0.2) is 4.39 Å². The fourth-order valence-electron chi connectivity index (χ4n) is 1.88. The van der Waals surface area contributed by atoms with Crippen molar-refractivity contribution in [2.24, 2.45) is 0 Å². The van der Waals surface area contributed by atoms with Crippen molar-refractivity contribution in [1.29, 1.82) is 0 Å². The summed E-state index contributed by atoms with van der Waals surface area (Å²) in [5.74, 6) is 0.412. The van der Waals surface area contributed by atoms with Crippen molar-refractivity contribution < 1.29 is 9.13 Å². The van der Waals surface area contributed by atoms with Crippen LogP contribution in [-0.4, -0.2) is 19.2 Å². The lowest BCUT2D eigenvalue weighted by molar-refractivity contribution is 0.166. The Hall–Kier alpha value is -1.09. The normalized spacial score (nSPS) is 21.3. The van der Waals surface area contributed by atoms with Gasteiger partial charge in [-0.05, 0) is 44.0 Å². The van der Waals surface area contributed by atoms with Crippen LogP contribution in [0.4, 0.5) is 4.39 Å². The Kier molecular flexibility index (Phi) is 3.21. The summed E-state index contributed by atoms with van der Waals surface area (Å²) >= 11 is 0. The van der Waals surface area contributed by atoms with Gasteiger partial charge in [-0.15, -0.1) is 0 Å². The van der Waals surface area contributed by atoms with E-state index in [9.17, 15) is 4.39 Å². The molecule has 0 spiro atoms. The van der Waals surface area contributed by atoms with Crippen molar-refractivity contribution in [3.05, 3.63) is 29.6 Å². The third-order valence-electron chi connectivity index (χ3n) is 2.57. The number of hydrogen-bond acceptors (Lipinski definition) is 2. The fraction of sp³-hybridized carbons (Fsp3) is 0.500. The molecule has 0 radical (unpaired) electrons. The average molecular weight is 209 g/mol. The average Bonchev–Trinajstić information content (AvgIpc) is 2.17. The molecule has 3 heteroatoms. The van der Waals surface area contributed by atoms with Gasteiger partial charge in [-0.1, -0.05) is 0 Å². The number of ether oxygens (including phenoxy) is 1. The Balaban J connectivity index is 2.02. The zero-order valence-electron chi connectivity index (χ0n) is 8.92.